The molecule has 10 heteroatoms. The number of carbonyl (C=O) groups excluding carboxylic acids is 6. The monoisotopic (exact) mass is 478 g/mol. The van der Waals surface area contributed by atoms with Crippen LogP contribution in [0.3, 0.4) is 0 Å². The van der Waals surface area contributed by atoms with Gasteiger partial charge >= 0.3 is 0 Å². The van der Waals surface area contributed by atoms with Crippen molar-refractivity contribution in [3.8, 4) is 0 Å². The average molecular weight is 479 g/mol. The second-order valence-corrected chi connectivity index (χ2v) is 10.4. The predicted molar refractivity (Wildman–Crippen MR) is 124 cm³/mol. The molecule has 10 nitrogen and oxygen atoms in total. The summed E-state index contributed by atoms with van der Waals surface area (Å²) < 4.78 is 0. The summed E-state index contributed by atoms with van der Waals surface area (Å²) in [6.45, 7) is 11.0. The van der Waals surface area contributed by atoms with Crippen molar-refractivity contribution in [2.75, 3.05) is 13.1 Å². The number of hydrazine groups is 1. The summed E-state index contributed by atoms with van der Waals surface area (Å²) in [4.78, 5) is 78.7. The van der Waals surface area contributed by atoms with Gasteiger partial charge in [0.15, 0.2) is 0 Å². The SMILES string of the molecule is CCC(C)(C)C(=O)C(=O)N1CCCC1C(=O)NNC(=O)[C@@H]1CCCN1C(=O)C(=O)C(C)(C)CC. The quantitative estimate of drug-likeness (QED) is 0.397. The maximum absolute atomic E-state index is 12.7. The topological polar surface area (TPSA) is 133 Å². The predicted octanol–water partition coefficient (Wildman–Crippen LogP) is 1.13. The van der Waals surface area contributed by atoms with Crippen molar-refractivity contribution >= 4 is 35.2 Å². The third-order valence-electron chi connectivity index (χ3n) is 7.33. The lowest BCUT2D eigenvalue weighted by molar-refractivity contribution is -0.152. The van der Waals surface area contributed by atoms with Gasteiger partial charge in [-0.25, -0.2) is 0 Å². The molecule has 2 N–H and O–H groups in total. The summed E-state index contributed by atoms with van der Waals surface area (Å²) >= 11 is 0. The molecule has 2 atom stereocenters. The fraction of sp³-hybridized carbons (Fsp3) is 0.750. The zero-order chi connectivity index (χ0) is 25.8. The minimum absolute atomic E-state index is 0.288. The van der Waals surface area contributed by atoms with Crippen molar-refractivity contribution < 1.29 is 28.8 Å². The molecule has 0 aromatic carbocycles. The lowest BCUT2D eigenvalue weighted by Gasteiger charge is -2.29. The Morgan fingerprint density at radius 2 is 1.00 bits per heavy atom. The highest BCUT2D eigenvalue weighted by Crippen LogP contribution is 2.27. The lowest BCUT2D eigenvalue weighted by Crippen LogP contribution is -2.57. The average Bonchev–Trinajstić information content (AvgIpc) is 3.50. The summed E-state index contributed by atoms with van der Waals surface area (Å²) in [6.07, 6.45) is 2.87. The van der Waals surface area contributed by atoms with Crippen LogP contribution in [0.2, 0.25) is 0 Å². The van der Waals surface area contributed by atoms with Gasteiger partial charge in [0.25, 0.3) is 23.6 Å². The van der Waals surface area contributed by atoms with Crippen LogP contribution in [-0.2, 0) is 28.8 Å². The molecule has 2 heterocycles. The Morgan fingerprint density at radius 1 is 0.676 bits per heavy atom. The smallest absolute Gasteiger partial charge is 0.291 e. The van der Waals surface area contributed by atoms with E-state index in [1.807, 2.05) is 13.8 Å². The van der Waals surface area contributed by atoms with E-state index in [-0.39, 0.29) is 13.1 Å². The molecule has 0 aromatic heterocycles. The van der Waals surface area contributed by atoms with Gasteiger partial charge in [0.05, 0.1) is 0 Å². The number of nitrogens with one attached hydrogen (secondary N) is 2. The first-order valence-corrected chi connectivity index (χ1v) is 12.1. The first-order chi connectivity index (χ1) is 15.8. The molecule has 2 aliphatic rings. The molecule has 2 aliphatic heterocycles. The highest BCUT2D eigenvalue weighted by molar-refractivity contribution is 6.38. The Hall–Kier alpha value is -2.78. The fourth-order valence-corrected chi connectivity index (χ4v) is 4.02. The number of ketones is 2. The van der Waals surface area contributed by atoms with Gasteiger partial charge in [-0.3, -0.25) is 39.6 Å². The normalized spacial score (nSPS) is 20.8. The molecule has 0 bridgehead atoms. The van der Waals surface area contributed by atoms with Crippen LogP contribution in [0.15, 0.2) is 0 Å². The van der Waals surface area contributed by atoms with Gasteiger partial charge in [-0.15, -0.1) is 0 Å². The highest BCUT2D eigenvalue weighted by Gasteiger charge is 2.43. The number of Topliss-reactive ketones (excluding diaryl/α,β-unsaturated/α-hetero) is 2. The van der Waals surface area contributed by atoms with Crippen LogP contribution < -0.4 is 10.9 Å². The Bertz CT molecular complexity index is 796. The number of nitrogens with zero attached hydrogens (tertiary/aromatic N) is 2. The van der Waals surface area contributed by atoms with Gasteiger partial charge in [0, 0.05) is 23.9 Å². The van der Waals surface area contributed by atoms with Gasteiger partial charge in [-0.2, -0.15) is 0 Å². The molecule has 0 saturated carbocycles. The third kappa shape index (κ3) is 5.64. The number of rotatable bonds is 8. The first kappa shape index (κ1) is 27.5. The van der Waals surface area contributed by atoms with E-state index in [2.05, 4.69) is 10.9 Å². The summed E-state index contributed by atoms with van der Waals surface area (Å²) in [5.41, 5.74) is 3.04. The molecule has 2 fully saturated rings. The van der Waals surface area contributed by atoms with Gasteiger partial charge < -0.3 is 9.80 Å². The number of hydrogen-bond donors (Lipinski definition) is 2. The van der Waals surface area contributed by atoms with E-state index < -0.39 is 58.1 Å². The minimum Gasteiger partial charge on any atom is -0.324 e. The maximum atomic E-state index is 12.7. The third-order valence-corrected chi connectivity index (χ3v) is 7.33. The molecule has 190 valence electrons. The lowest BCUT2D eigenvalue weighted by atomic mass is 9.84. The van der Waals surface area contributed by atoms with Crippen LogP contribution in [0, 0.1) is 10.8 Å². The fourth-order valence-electron chi connectivity index (χ4n) is 4.02. The summed E-state index contributed by atoms with van der Waals surface area (Å²) in [5, 5.41) is 0. The Morgan fingerprint density at radius 3 is 1.29 bits per heavy atom. The molecular weight excluding hydrogens is 440 g/mol. The summed E-state index contributed by atoms with van der Waals surface area (Å²) in [5.74, 6) is -3.67. The van der Waals surface area contributed by atoms with Gasteiger partial charge in [0.1, 0.15) is 12.1 Å². The maximum Gasteiger partial charge on any atom is 0.291 e. The number of hydrogen-bond acceptors (Lipinski definition) is 6. The van der Waals surface area contributed by atoms with Crippen molar-refractivity contribution in [1.82, 2.24) is 20.7 Å². The zero-order valence-electron chi connectivity index (χ0n) is 21.2. The minimum atomic E-state index is -0.863. The van der Waals surface area contributed by atoms with E-state index in [1.165, 1.54) is 9.80 Å². The Labute approximate surface area is 201 Å². The number of carbonyl (C=O) groups is 6. The van der Waals surface area contributed by atoms with Crippen molar-refractivity contribution in [3.63, 3.8) is 0 Å². The second-order valence-electron chi connectivity index (χ2n) is 10.4. The van der Waals surface area contributed by atoms with E-state index in [1.54, 1.807) is 27.7 Å². The molecule has 0 spiro atoms. The van der Waals surface area contributed by atoms with Crippen LogP contribution in [0.5, 0.6) is 0 Å². The summed E-state index contributed by atoms with van der Waals surface area (Å²) in [7, 11) is 0. The molecule has 2 saturated heterocycles. The highest BCUT2D eigenvalue weighted by atomic mass is 16.2. The number of likely N-dealkylation sites (tertiary alicyclic amines) is 2. The molecule has 4 amide bonds. The van der Waals surface area contributed by atoms with Crippen LogP contribution in [-0.4, -0.2) is 70.2 Å². The molecule has 0 radical (unpaired) electrons. The van der Waals surface area contributed by atoms with Crippen LogP contribution >= 0.6 is 0 Å². The second kappa shape index (κ2) is 10.7. The van der Waals surface area contributed by atoms with Crippen molar-refractivity contribution in [3.05, 3.63) is 0 Å². The standard InChI is InChI=1S/C24H38N4O6/c1-7-23(3,4)17(29)21(33)27-13-9-11-15(27)19(31)25-26-20(32)16-12-10-14-28(16)22(34)18(30)24(5,6)8-2/h15-16H,7-14H2,1-6H3,(H,25,31)(H,26,32)/t15-,16?/m0/s1. The molecule has 1 unspecified atom stereocenters. The van der Waals surface area contributed by atoms with E-state index >= 15 is 0 Å². The van der Waals surface area contributed by atoms with Gasteiger partial charge in [-0.05, 0) is 38.5 Å². The molecule has 0 aliphatic carbocycles. The van der Waals surface area contributed by atoms with E-state index in [0.29, 0.717) is 38.5 Å². The molecular formula is C24H38N4O6. The zero-order valence-corrected chi connectivity index (χ0v) is 21.2. The van der Waals surface area contributed by atoms with Crippen LogP contribution in [0.1, 0.15) is 80.1 Å². The van der Waals surface area contributed by atoms with Crippen molar-refractivity contribution in [2.24, 2.45) is 10.8 Å². The van der Waals surface area contributed by atoms with E-state index in [9.17, 15) is 28.8 Å². The van der Waals surface area contributed by atoms with Crippen molar-refractivity contribution in [1.29, 1.82) is 0 Å². The Balaban J connectivity index is 2.00. The van der Waals surface area contributed by atoms with Gasteiger partial charge in [-0.1, -0.05) is 41.5 Å². The largest absolute Gasteiger partial charge is 0.324 e. The summed E-state index contributed by atoms with van der Waals surface area (Å²) in [6, 6.07) is -1.73. The van der Waals surface area contributed by atoms with Crippen LogP contribution in [0.25, 0.3) is 0 Å². The van der Waals surface area contributed by atoms with E-state index in [0.717, 1.165) is 0 Å². The molecule has 2 rings (SSSR count). The molecule has 0 aromatic rings. The van der Waals surface area contributed by atoms with E-state index in [4.69, 9.17) is 0 Å². The van der Waals surface area contributed by atoms with Gasteiger partial charge in [0.2, 0.25) is 11.6 Å². The first-order valence-electron chi connectivity index (χ1n) is 12.1. The molecule has 34 heavy (non-hydrogen) atoms. The Kier molecular flexibility index (Phi) is 8.60. The van der Waals surface area contributed by atoms with Crippen LogP contribution in [0.4, 0.5) is 0 Å². The number of amides is 4. The van der Waals surface area contributed by atoms with Crippen molar-refractivity contribution in [2.45, 2.75) is 92.2 Å².